The first-order chi connectivity index (χ1) is 6.35. The summed E-state index contributed by atoms with van der Waals surface area (Å²) >= 11 is 0. The SMILES string of the molecule is CCCC.[O-]PCc1ccccc1. The van der Waals surface area contributed by atoms with Gasteiger partial charge in [-0.05, 0) is 11.7 Å². The van der Waals surface area contributed by atoms with E-state index in [1.807, 2.05) is 30.3 Å². The molecule has 1 unspecified atom stereocenters. The lowest BCUT2D eigenvalue weighted by Gasteiger charge is -2.02. The highest BCUT2D eigenvalue weighted by atomic mass is 31.1. The largest absolute Gasteiger partial charge is 0.831 e. The Morgan fingerprint density at radius 1 is 1.08 bits per heavy atom. The van der Waals surface area contributed by atoms with Crippen molar-refractivity contribution >= 4 is 8.81 Å². The predicted molar refractivity (Wildman–Crippen MR) is 59.0 cm³/mol. The maximum absolute atomic E-state index is 10.1. The monoisotopic (exact) mass is 197 g/mol. The van der Waals surface area contributed by atoms with Crippen molar-refractivity contribution in [1.29, 1.82) is 0 Å². The molecule has 1 aromatic rings. The molecular weight excluding hydrogens is 179 g/mol. The van der Waals surface area contributed by atoms with E-state index in [9.17, 15) is 4.89 Å². The quantitative estimate of drug-likeness (QED) is 0.683. The van der Waals surface area contributed by atoms with Crippen LogP contribution in [0.25, 0.3) is 0 Å². The predicted octanol–water partition coefficient (Wildman–Crippen LogP) is 2.95. The van der Waals surface area contributed by atoms with Crippen LogP contribution in [0.5, 0.6) is 0 Å². The van der Waals surface area contributed by atoms with Gasteiger partial charge in [0.15, 0.2) is 0 Å². The molecule has 0 radical (unpaired) electrons. The Labute approximate surface area is 83.1 Å². The molecule has 0 aliphatic heterocycles. The summed E-state index contributed by atoms with van der Waals surface area (Å²) in [6.45, 7) is 4.36. The van der Waals surface area contributed by atoms with Crippen LogP contribution in [-0.2, 0) is 6.16 Å². The molecule has 13 heavy (non-hydrogen) atoms. The zero-order chi connectivity index (χ0) is 9.94. The fourth-order valence-electron chi connectivity index (χ4n) is 0.679. The Morgan fingerprint density at radius 3 is 2.00 bits per heavy atom. The molecule has 0 saturated heterocycles. The Bertz CT molecular complexity index is 185. The van der Waals surface area contributed by atoms with E-state index in [1.165, 1.54) is 12.8 Å². The van der Waals surface area contributed by atoms with Gasteiger partial charge in [0, 0.05) is 0 Å². The van der Waals surface area contributed by atoms with Gasteiger partial charge in [-0.15, -0.1) is 0 Å². The van der Waals surface area contributed by atoms with Gasteiger partial charge in [0.2, 0.25) is 0 Å². The molecule has 0 N–H and O–H groups in total. The second-order valence-corrected chi connectivity index (χ2v) is 3.45. The number of hydrogen-bond acceptors (Lipinski definition) is 1. The highest BCUT2D eigenvalue weighted by Crippen LogP contribution is 2.08. The van der Waals surface area contributed by atoms with Gasteiger partial charge >= 0.3 is 0 Å². The molecule has 0 fully saturated rings. The smallest absolute Gasteiger partial charge is 0.0248 e. The summed E-state index contributed by atoms with van der Waals surface area (Å²) in [4.78, 5) is 10.1. The molecule has 1 aromatic carbocycles. The number of hydrogen-bond donors (Lipinski definition) is 0. The molecule has 0 aliphatic rings. The lowest BCUT2D eigenvalue weighted by Crippen LogP contribution is -1.84. The number of unbranched alkanes of at least 4 members (excludes halogenated alkanes) is 1. The first-order valence-electron chi connectivity index (χ1n) is 4.74. The van der Waals surface area contributed by atoms with Crippen LogP contribution in [0.1, 0.15) is 32.3 Å². The second kappa shape index (κ2) is 9.70. The molecule has 0 aromatic heterocycles. The van der Waals surface area contributed by atoms with Crippen LogP contribution in [0.4, 0.5) is 0 Å². The van der Waals surface area contributed by atoms with E-state index in [0.717, 1.165) is 5.56 Å². The molecule has 74 valence electrons. The summed E-state index contributed by atoms with van der Waals surface area (Å²) in [7, 11) is -0.215. The molecule has 1 nitrogen and oxygen atoms in total. The molecule has 0 aliphatic carbocycles. The van der Waals surface area contributed by atoms with E-state index in [0.29, 0.717) is 6.16 Å². The highest BCUT2D eigenvalue weighted by molar-refractivity contribution is 7.28. The third kappa shape index (κ3) is 7.95. The van der Waals surface area contributed by atoms with E-state index in [1.54, 1.807) is 0 Å². The summed E-state index contributed by atoms with van der Waals surface area (Å²) < 4.78 is 0. The summed E-state index contributed by atoms with van der Waals surface area (Å²) in [5, 5.41) is 0. The van der Waals surface area contributed by atoms with E-state index in [2.05, 4.69) is 13.8 Å². The van der Waals surface area contributed by atoms with Gasteiger partial charge in [0.25, 0.3) is 0 Å². The van der Waals surface area contributed by atoms with Gasteiger partial charge in [-0.1, -0.05) is 57.0 Å². The Balaban J connectivity index is 0.000000310. The van der Waals surface area contributed by atoms with Crippen molar-refractivity contribution in [2.75, 3.05) is 0 Å². The van der Waals surface area contributed by atoms with Gasteiger partial charge in [0.05, 0.1) is 0 Å². The first-order valence-corrected chi connectivity index (χ1v) is 5.85. The van der Waals surface area contributed by atoms with Crippen molar-refractivity contribution in [1.82, 2.24) is 0 Å². The van der Waals surface area contributed by atoms with Crippen LogP contribution >= 0.6 is 8.81 Å². The Kier molecular flexibility index (Phi) is 9.41. The van der Waals surface area contributed by atoms with E-state index < -0.39 is 0 Å². The summed E-state index contributed by atoms with van der Waals surface area (Å²) in [6.07, 6.45) is 3.32. The zero-order valence-electron chi connectivity index (χ0n) is 8.42. The number of benzene rings is 1. The van der Waals surface area contributed by atoms with Crippen LogP contribution in [0.2, 0.25) is 0 Å². The average Bonchev–Trinajstić information content (AvgIpc) is 2.20. The van der Waals surface area contributed by atoms with Crippen molar-refractivity contribution in [2.24, 2.45) is 0 Å². The van der Waals surface area contributed by atoms with Gasteiger partial charge in [-0.3, -0.25) is 0 Å². The lowest BCUT2D eigenvalue weighted by molar-refractivity contribution is -0.150. The summed E-state index contributed by atoms with van der Waals surface area (Å²) in [5.41, 5.74) is 1.14. The normalized spacial score (nSPS) is 9.77. The molecule has 0 amide bonds. The fourth-order valence-corrected chi connectivity index (χ4v) is 1.08. The van der Waals surface area contributed by atoms with Gasteiger partial charge in [-0.25, -0.2) is 8.81 Å². The van der Waals surface area contributed by atoms with Crippen LogP contribution < -0.4 is 4.89 Å². The van der Waals surface area contributed by atoms with Crippen molar-refractivity contribution in [2.45, 2.75) is 32.9 Å². The molecule has 1 rings (SSSR count). The lowest BCUT2D eigenvalue weighted by atomic mass is 10.2. The first kappa shape index (κ1) is 12.6. The minimum Gasteiger partial charge on any atom is -0.831 e. The van der Waals surface area contributed by atoms with Crippen molar-refractivity contribution in [3.05, 3.63) is 35.9 Å². The highest BCUT2D eigenvalue weighted by Gasteiger charge is 1.81. The van der Waals surface area contributed by atoms with Crippen molar-refractivity contribution in [3.8, 4) is 0 Å². The minimum atomic E-state index is -0.215. The van der Waals surface area contributed by atoms with Crippen molar-refractivity contribution in [3.63, 3.8) is 0 Å². The minimum absolute atomic E-state index is 0.215. The average molecular weight is 197 g/mol. The van der Waals surface area contributed by atoms with E-state index in [-0.39, 0.29) is 8.81 Å². The third-order valence-corrected chi connectivity index (χ3v) is 2.17. The second-order valence-electron chi connectivity index (χ2n) is 2.81. The molecular formula is C11H18OP-. The van der Waals surface area contributed by atoms with Crippen molar-refractivity contribution < 1.29 is 4.89 Å². The standard InChI is InChI=1S/C7H8OP.C4H10/c8-9-6-7-4-2-1-3-5-7;1-3-4-2/h1-5,9H,6H2;3-4H2,1-2H3/q-1;. The maximum Gasteiger partial charge on any atom is -0.0248 e. The molecule has 0 spiro atoms. The zero-order valence-corrected chi connectivity index (χ0v) is 9.42. The fraction of sp³-hybridized carbons (Fsp3) is 0.455. The van der Waals surface area contributed by atoms with E-state index in [4.69, 9.17) is 0 Å². The Morgan fingerprint density at radius 2 is 1.62 bits per heavy atom. The maximum atomic E-state index is 10.1. The molecule has 0 heterocycles. The molecule has 2 heteroatoms. The van der Waals surface area contributed by atoms with E-state index >= 15 is 0 Å². The topological polar surface area (TPSA) is 23.1 Å². The van der Waals surface area contributed by atoms with Gasteiger partial charge < -0.3 is 4.89 Å². The van der Waals surface area contributed by atoms with Gasteiger partial charge in [0.1, 0.15) is 0 Å². The van der Waals surface area contributed by atoms with Crippen LogP contribution in [-0.4, -0.2) is 0 Å². The molecule has 0 bridgehead atoms. The summed E-state index contributed by atoms with van der Waals surface area (Å²) in [6, 6.07) is 9.82. The van der Waals surface area contributed by atoms with Gasteiger partial charge in [-0.2, -0.15) is 0 Å². The third-order valence-electron chi connectivity index (χ3n) is 1.62. The summed E-state index contributed by atoms with van der Waals surface area (Å²) in [5.74, 6) is 0. The molecule has 1 atom stereocenters. The van der Waals surface area contributed by atoms with Crippen LogP contribution in [0.15, 0.2) is 30.3 Å². The number of rotatable bonds is 3. The van der Waals surface area contributed by atoms with Crippen LogP contribution in [0.3, 0.4) is 0 Å². The Hall–Kier alpha value is -0.390. The van der Waals surface area contributed by atoms with Crippen LogP contribution in [0, 0.1) is 0 Å². The molecule has 0 saturated carbocycles.